The van der Waals surface area contributed by atoms with Crippen LogP contribution in [0.2, 0.25) is 0 Å². The molecule has 1 saturated heterocycles. The predicted octanol–water partition coefficient (Wildman–Crippen LogP) is 2.22. The number of nitrogens with zero attached hydrogens (tertiary/aromatic N) is 5. The van der Waals surface area contributed by atoms with Gasteiger partial charge in [-0.2, -0.15) is 0 Å². The first-order valence-corrected chi connectivity index (χ1v) is 8.10. The third kappa shape index (κ3) is 2.81. The smallest absolute Gasteiger partial charge is 0.158 e. The number of aromatic amines is 1. The molecule has 24 heavy (non-hydrogen) atoms. The number of ether oxygens (including phenoxy) is 1. The molecule has 0 bridgehead atoms. The Morgan fingerprint density at radius 3 is 2.79 bits per heavy atom. The average molecular weight is 340 g/mol. The van der Waals surface area contributed by atoms with Gasteiger partial charge in [0, 0.05) is 48.9 Å². The van der Waals surface area contributed by atoms with Crippen LogP contribution in [0.1, 0.15) is 0 Å². The Balaban J connectivity index is 1.70. The van der Waals surface area contributed by atoms with Gasteiger partial charge in [0.2, 0.25) is 0 Å². The first-order chi connectivity index (χ1) is 11.8. The van der Waals surface area contributed by atoms with E-state index in [9.17, 15) is 0 Å². The molecule has 0 atom stereocenters. The van der Waals surface area contributed by atoms with E-state index in [1.807, 2.05) is 24.4 Å². The number of hydrogen-bond acceptors (Lipinski definition) is 6. The van der Waals surface area contributed by atoms with E-state index in [4.69, 9.17) is 17.0 Å². The Labute approximate surface area is 143 Å². The second kappa shape index (κ2) is 6.50. The third-order valence-corrected chi connectivity index (χ3v) is 4.35. The van der Waals surface area contributed by atoms with Crippen LogP contribution in [0.5, 0.6) is 0 Å². The highest BCUT2D eigenvalue weighted by molar-refractivity contribution is 7.71. The summed E-state index contributed by atoms with van der Waals surface area (Å²) in [6.45, 7) is 3.08. The molecule has 122 valence electrons. The summed E-state index contributed by atoms with van der Waals surface area (Å²) in [4.78, 5) is 15.1. The van der Waals surface area contributed by atoms with Gasteiger partial charge in [0.05, 0.1) is 13.2 Å². The molecule has 0 radical (unpaired) electrons. The van der Waals surface area contributed by atoms with Gasteiger partial charge in [0.15, 0.2) is 5.82 Å². The Morgan fingerprint density at radius 1 is 1.17 bits per heavy atom. The highest BCUT2D eigenvalue weighted by atomic mass is 32.1. The monoisotopic (exact) mass is 340 g/mol. The van der Waals surface area contributed by atoms with Gasteiger partial charge in [-0.3, -0.25) is 10.1 Å². The summed E-state index contributed by atoms with van der Waals surface area (Å²) in [6.07, 6.45) is 6.97. The van der Waals surface area contributed by atoms with Gasteiger partial charge in [0.25, 0.3) is 0 Å². The molecule has 0 spiro atoms. The zero-order chi connectivity index (χ0) is 16.4. The third-order valence-electron chi connectivity index (χ3n) is 3.95. The summed E-state index contributed by atoms with van der Waals surface area (Å²) in [5, 5.41) is 3.17. The summed E-state index contributed by atoms with van der Waals surface area (Å²) >= 11 is 5.60. The van der Waals surface area contributed by atoms with Gasteiger partial charge in [-0.1, -0.05) is 18.3 Å². The fraction of sp³-hybridized carbons (Fsp3) is 0.250. The van der Waals surface area contributed by atoms with Crippen LogP contribution in [0, 0.1) is 4.64 Å². The van der Waals surface area contributed by atoms with Crippen LogP contribution in [-0.2, 0) is 4.74 Å². The number of hydrogen-bond donors (Lipinski definition) is 1. The van der Waals surface area contributed by atoms with Gasteiger partial charge in [-0.25, -0.2) is 14.6 Å². The van der Waals surface area contributed by atoms with Gasteiger partial charge >= 0.3 is 0 Å². The quantitative estimate of drug-likeness (QED) is 0.737. The molecule has 0 amide bonds. The number of morpholine rings is 1. The molecule has 8 heteroatoms. The summed E-state index contributed by atoms with van der Waals surface area (Å²) in [5.41, 5.74) is 1.89. The predicted molar refractivity (Wildman–Crippen MR) is 92.8 cm³/mol. The Bertz CT molecular complexity index is 885. The van der Waals surface area contributed by atoms with Crippen LogP contribution in [0.3, 0.4) is 0 Å². The van der Waals surface area contributed by atoms with Crippen molar-refractivity contribution >= 4 is 18.0 Å². The van der Waals surface area contributed by atoms with Crippen LogP contribution in [0.15, 0.2) is 43.1 Å². The van der Waals surface area contributed by atoms with Crippen LogP contribution < -0.4 is 4.90 Å². The topological polar surface area (TPSA) is 71.9 Å². The van der Waals surface area contributed by atoms with E-state index in [1.54, 1.807) is 23.4 Å². The molecule has 1 aliphatic heterocycles. The van der Waals surface area contributed by atoms with Gasteiger partial charge in [0.1, 0.15) is 16.8 Å². The van der Waals surface area contributed by atoms with Crippen LogP contribution >= 0.6 is 12.2 Å². The van der Waals surface area contributed by atoms with Crippen molar-refractivity contribution in [1.82, 2.24) is 24.7 Å². The Morgan fingerprint density at radius 2 is 2.00 bits per heavy atom. The molecule has 3 aromatic heterocycles. The number of aromatic nitrogens is 5. The Kier molecular flexibility index (Phi) is 4.06. The molecule has 7 nitrogen and oxygen atoms in total. The van der Waals surface area contributed by atoms with Crippen molar-refractivity contribution in [2.24, 2.45) is 0 Å². The van der Waals surface area contributed by atoms with E-state index in [0.717, 1.165) is 30.0 Å². The standard InChI is InChI=1S/C16H16N6OS/c24-16-13(12-2-1-3-17-9-12)10-20-22(16)15-8-14(18-11-19-15)21-4-6-23-7-5-21/h1-3,8-11,20H,4-7H2. The fourth-order valence-corrected chi connectivity index (χ4v) is 3.02. The van der Waals surface area contributed by atoms with Gasteiger partial charge < -0.3 is 9.64 Å². The average Bonchev–Trinajstić information content (AvgIpc) is 3.05. The van der Waals surface area contributed by atoms with E-state index < -0.39 is 0 Å². The number of pyridine rings is 1. The summed E-state index contributed by atoms with van der Waals surface area (Å²) < 4.78 is 7.83. The van der Waals surface area contributed by atoms with Crippen molar-refractivity contribution < 1.29 is 4.74 Å². The summed E-state index contributed by atoms with van der Waals surface area (Å²) in [7, 11) is 0. The molecule has 0 unspecified atom stereocenters. The van der Waals surface area contributed by atoms with E-state index in [-0.39, 0.29) is 0 Å². The molecule has 1 N–H and O–H groups in total. The molecular weight excluding hydrogens is 324 g/mol. The SMILES string of the molecule is S=c1c(-c2cccnc2)c[nH]n1-c1cc(N2CCOCC2)ncn1. The second-order valence-electron chi connectivity index (χ2n) is 5.40. The maximum Gasteiger partial charge on any atom is 0.158 e. The normalized spacial score (nSPS) is 14.8. The number of nitrogens with one attached hydrogen (secondary N) is 1. The van der Waals surface area contributed by atoms with E-state index in [1.165, 1.54) is 0 Å². The molecule has 0 aromatic carbocycles. The van der Waals surface area contributed by atoms with E-state index in [0.29, 0.717) is 23.7 Å². The molecule has 0 saturated carbocycles. The van der Waals surface area contributed by atoms with Crippen LogP contribution in [0.4, 0.5) is 5.82 Å². The number of H-pyrrole nitrogens is 1. The van der Waals surface area contributed by atoms with Crippen molar-refractivity contribution in [3.63, 3.8) is 0 Å². The lowest BCUT2D eigenvalue weighted by Crippen LogP contribution is -2.36. The fourth-order valence-electron chi connectivity index (χ4n) is 2.69. The molecular formula is C16H16N6OS. The minimum atomic E-state index is 0.662. The summed E-state index contributed by atoms with van der Waals surface area (Å²) in [6, 6.07) is 5.81. The highest BCUT2D eigenvalue weighted by Crippen LogP contribution is 2.22. The number of anilines is 1. The van der Waals surface area contributed by atoms with Crippen molar-refractivity contribution in [1.29, 1.82) is 0 Å². The molecule has 3 aromatic rings. The molecule has 4 heterocycles. The van der Waals surface area contributed by atoms with Crippen molar-refractivity contribution in [2.45, 2.75) is 0 Å². The van der Waals surface area contributed by atoms with Crippen LogP contribution in [-0.4, -0.2) is 51.0 Å². The van der Waals surface area contributed by atoms with Crippen molar-refractivity contribution in [3.8, 4) is 16.9 Å². The van der Waals surface area contributed by atoms with Gasteiger partial charge in [-0.15, -0.1) is 0 Å². The first kappa shape index (κ1) is 15.0. The molecule has 1 aliphatic rings. The molecule has 4 rings (SSSR count). The minimum absolute atomic E-state index is 0.662. The molecule has 0 aliphatic carbocycles. The maximum absolute atomic E-state index is 5.60. The zero-order valence-electron chi connectivity index (χ0n) is 12.9. The maximum atomic E-state index is 5.60. The lowest BCUT2D eigenvalue weighted by atomic mass is 10.2. The highest BCUT2D eigenvalue weighted by Gasteiger charge is 2.14. The van der Waals surface area contributed by atoms with Crippen molar-refractivity contribution in [2.75, 3.05) is 31.2 Å². The van der Waals surface area contributed by atoms with Crippen LogP contribution in [0.25, 0.3) is 16.9 Å². The van der Waals surface area contributed by atoms with E-state index >= 15 is 0 Å². The lowest BCUT2D eigenvalue weighted by Gasteiger charge is -2.27. The Hall–Kier alpha value is -2.58. The second-order valence-corrected chi connectivity index (χ2v) is 5.79. The van der Waals surface area contributed by atoms with Gasteiger partial charge in [-0.05, 0) is 6.07 Å². The summed E-state index contributed by atoms with van der Waals surface area (Å²) in [5.74, 6) is 1.59. The largest absolute Gasteiger partial charge is 0.378 e. The first-order valence-electron chi connectivity index (χ1n) is 7.69. The van der Waals surface area contributed by atoms with Crippen molar-refractivity contribution in [3.05, 3.63) is 47.8 Å². The minimum Gasteiger partial charge on any atom is -0.378 e. The van der Waals surface area contributed by atoms with E-state index in [2.05, 4.69) is 25.0 Å². The zero-order valence-corrected chi connectivity index (χ0v) is 13.7. The molecule has 1 fully saturated rings. The lowest BCUT2D eigenvalue weighted by molar-refractivity contribution is 0.122. The number of rotatable bonds is 3.